The van der Waals surface area contributed by atoms with E-state index in [0.717, 1.165) is 10.6 Å². The molecule has 1 atom stereocenters. The second-order valence-electron chi connectivity index (χ2n) is 6.53. The van der Waals surface area contributed by atoms with Crippen molar-refractivity contribution in [2.75, 3.05) is 17.1 Å². The third kappa shape index (κ3) is 6.16. The van der Waals surface area contributed by atoms with Gasteiger partial charge in [-0.3, -0.25) is 9.52 Å². The monoisotopic (exact) mass is 476 g/mol. The van der Waals surface area contributed by atoms with Gasteiger partial charge in [0.25, 0.3) is 10.0 Å². The maximum Gasteiger partial charge on any atom is 0.261 e. The molecule has 1 amide bonds. The second kappa shape index (κ2) is 10.1. The Morgan fingerprint density at radius 2 is 1.65 bits per heavy atom. The Bertz CT molecular complexity index is 1150. The summed E-state index contributed by atoms with van der Waals surface area (Å²) in [5.41, 5.74) is 0.801. The predicted octanol–water partition coefficient (Wildman–Crippen LogP) is 5.27. The molecule has 0 heterocycles. The lowest BCUT2D eigenvalue weighted by molar-refractivity contribution is -0.115. The number of halogens is 1. The third-order valence-electron chi connectivity index (χ3n) is 4.29. The van der Waals surface area contributed by atoms with Crippen LogP contribution in [0.4, 0.5) is 11.4 Å². The van der Waals surface area contributed by atoms with Gasteiger partial charge in [-0.2, -0.15) is 0 Å². The maximum atomic E-state index is 12.6. The van der Waals surface area contributed by atoms with Gasteiger partial charge in [-0.25, -0.2) is 8.42 Å². The minimum Gasteiger partial charge on any atom is -0.497 e. The highest BCUT2D eigenvalue weighted by Gasteiger charge is 2.17. The van der Waals surface area contributed by atoms with Gasteiger partial charge in [-0.05, 0) is 67.6 Å². The van der Waals surface area contributed by atoms with E-state index in [9.17, 15) is 13.2 Å². The molecule has 0 radical (unpaired) electrons. The average Bonchev–Trinajstić information content (AvgIpc) is 2.76. The van der Waals surface area contributed by atoms with Gasteiger partial charge in [0.15, 0.2) is 0 Å². The molecule has 1 unspecified atom stereocenters. The zero-order valence-electron chi connectivity index (χ0n) is 16.8. The number of methoxy groups -OCH3 is 1. The highest BCUT2D eigenvalue weighted by molar-refractivity contribution is 8.00. The summed E-state index contributed by atoms with van der Waals surface area (Å²) in [5.74, 6) is 0.561. The van der Waals surface area contributed by atoms with Gasteiger partial charge in [0.05, 0.1) is 28.0 Å². The number of carbonyl (C=O) groups is 1. The molecular weight excluding hydrogens is 456 g/mol. The lowest BCUT2D eigenvalue weighted by atomic mass is 10.3. The van der Waals surface area contributed by atoms with Gasteiger partial charge in [-0.15, -0.1) is 11.8 Å². The Morgan fingerprint density at radius 3 is 2.26 bits per heavy atom. The van der Waals surface area contributed by atoms with Crippen molar-refractivity contribution in [1.82, 2.24) is 0 Å². The van der Waals surface area contributed by atoms with E-state index in [1.807, 2.05) is 24.3 Å². The van der Waals surface area contributed by atoms with Gasteiger partial charge in [0.1, 0.15) is 5.75 Å². The molecular formula is C22H21ClN2O4S2. The molecule has 0 aliphatic carbocycles. The van der Waals surface area contributed by atoms with Crippen LogP contribution in [0, 0.1) is 0 Å². The number of amides is 1. The average molecular weight is 477 g/mol. The summed E-state index contributed by atoms with van der Waals surface area (Å²) in [6.45, 7) is 1.80. The number of hydrogen-bond donors (Lipinski definition) is 2. The number of hydrogen-bond acceptors (Lipinski definition) is 5. The Balaban J connectivity index is 1.62. The van der Waals surface area contributed by atoms with Crippen LogP contribution in [0.3, 0.4) is 0 Å². The van der Waals surface area contributed by atoms with Gasteiger partial charge < -0.3 is 10.1 Å². The smallest absolute Gasteiger partial charge is 0.261 e. The van der Waals surface area contributed by atoms with Gasteiger partial charge in [-0.1, -0.05) is 23.7 Å². The zero-order chi connectivity index (χ0) is 22.4. The molecule has 0 bridgehead atoms. The van der Waals surface area contributed by atoms with Gasteiger partial charge >= 0.3 is 0 Å². The Kier molecular flexibility index (Phi) is 7.48. The van der Waals surface area contributed by atoms with Crippen LogP contribution in [0.15, 0.2) is 82.6 Å². The highest BCUT2D eigenvalue weighted by Crippen LogP contribution is 2.27. The van der Waals surface area contributed by atoms with Crippen molar-refractivity contribution < 1.29 is 17.9 Å². The lowest BCUT2D eigenvalue weighted by Crippen LogP contribution is -2.22. The molecule has 0 fully saturated rings. The van der Waals surface area contributed by atoms with E-state index in [4.69, 9.17) is 16.3 Å². The van der Waals surface area contributed by atoms with Crippen molar-refractivity contribution in [3.8, 4) is 5.75 Å². The predicted molar refractivity (Wildman–Crippen MR) is 126 cm³/mol. The van der Waals surface area contributed by atoms with Crippen LogP contribution in [0.25, 0.3) is 0 Å². The number of nitrogens with one attached hydrogen (secondary N) is 2. The molecule has 31 heavy (non-hydrogen) atoms. The van der Waals surface area contributed by atoms with Crippen molar-refractivity contribution in [1.29, 1.82) is 0 Å². The van der Waals surface area contributed by atoms with Crippen LogP contribution >= 0.6 is 23.4 Å². The molecule has 0 aliphatic heterocycles. The van der Waals surface area contributed by atoms with Crippen LogP contribution in [0.2, 0.25) is 5.02 Å². The van der Waals surface area contributed by atoms with Crippen LogP contribution in [0.1, 0.15) is 6.92 Å². The van der Waals surface area contributed by atoms with Crippen molar-refractivity contribution >= 4 is 50.7 Å². The summed E-state index contributed by atoms with van der Waals surface area (Å²) in [6, 6.07) is 20.0. The fraction of sp³-hybridized carbons (Fsp3) is 0.136. The number of benzene rings is 3. The van der Waals surface area contributed by atoms with Crippen molar-refractivity contribution in [2.24, 2.45) is 0 Å². The normalized spacial score (nSPS) is 12.1. The largest absolute Gasteiger partial charge is 0.497 e. The SMILES string of the molecule is COc1ccc(SC(C)C(=O)Nc2ccc(S(=O)(=O)Nc3ccccc3Cl)cc2)cc1. The number of anilines is 2. The van der Waals surface area contributed by atoms with Crippen LogP contribution in [-0.2, 0) is 14.8 Å². The summed E-state index contributed by atoms with van der Waals surface area (Å²) in [7, 11) is -2.21. The lowest BCUT2D eigenvalue weighted by Gasteiger charge is -2.13. The number of para-hydroxylation sites is 1. The summed E-state index contributed by atoms with van der Waals surface area (Å²) >= 11 is 7.43. The first-order chi connectivity index (χ1) is 14.8. The number of thioether (sulfide) groups is 1. The molecule has 3 rings (SSSR count). The van der Waals surface area contributed by atoms with Gasteiger partial charge in [0.2, 0.25) is 5.91 Å². The molecule has 0 saturated heterocycles. The van der Waals surface area contributed by atoms with Crippen molar-refractivity contribution in [3.05, 3.63) is 77.8 Å². The Labute approximate surface area is 191 Å². The van der Waals surface area contributed by atoms with E-state index in [0.29, 0.717) is 16.4 Å². The molecule has 6 nitrogen and oxygen atoms in total. The molecule has 0 aliphatic rings. The van der Waals surface area contributed by atoms with Crippen molar-refractivity contribution in [3.63, 3.8) is 0 Å². The minimum atomic E-state index is -3.81. The van der Waals surface area contributed by atoms with E-state index in [2.05, 4.69) is 10.0 Å². The molecule has 9 heteroatoms. The van der Waals surface area contributed by atoms with Crippen LogP contribution in [0.5, 0.6) is 5.75 Å². The molecule has 3 aromatic carbocycles. The van der Waals surface area contributed by atoms with Gasteiger partial charge in [0, 0.05) is 10.6 Å². The first-order valence-electron chi connectivity index (χ1n) is 9.27. The number of sulfonamides is 1. The molecule has 0 saturated carbocycles. The first kappa shape index (κ1) is 23.0. The standard InChI is InChI=1S/C22H21ClN2O4S2/c1-15(30-18-11-9-17(29-2)10-12-18)22(26)24-16-7-13-19(14-8-16)31(27,28)25-21-6-4-3-5-20(21)23/h3-15,25H,1-2H3,(H,24,26). The number of rotatable bonds is 8. The zero-order valence-corrected chi connectivity index (χ0v) is 19.2. The minimum absolute atomic E-state index is 0.0612. The first-order valence-corrected chi connectivity index (χ1v) is 12.0. The number of carbonyl (C=O) groups excluding carboxylic acids is 1. The summed E-state index contributed by atoms with van der Waals surface area (Å²) in [5, 5.41) is 2.76. The Hall–Kier alpha value is -2.68. The molecule has 0 spiro atoms. The van der Waals surface area contributed by atoms with Crippen LogP contribution < -0.4 is 14.8 Å². The summed E-state index contributed by atoms with van der Waals surface area (Å²) in [6.07, 6.45) is 0. The topological polar surface area (TPSA) is 84.5 Å². The molecule has 162 valence electrons. The fourth-order valence-corrected chi connectivity index (χ4v) is 4.81. The highest BCUT2D eigenvalue weighted by atomic mass is 35.5. The molecule has 3 aromatic rings. The fourth-order valence-electron chi connectivity index (χ4n) is 2.62. The number of ether oxygens (including phenoxy) is 1. The van der Waals surface area contributed by atoms with E-state index in [1.54, 1.807) is 50.4 Å². The van der Waals surface area contributed by atoms with E-state index < -0.39 is 10.0 Å². The quantitative estimate of drug-likeness (QED) is 0.433. The molecule has 2 N–H and O–H groups in total. The van der Waals surface area contributed by atoms with Crippen LogP contribution in [-0.4, -0.2) is 26.7 Å². The third-order valence-corrected chi connectivity index (χ3v) is 7.11. The van der Waals surface area contributed by atoms with E-state index in [1.165, 1.54) is 23.9 Å². The second-order valence-corrected chi connectivity index (χ2v) is 10.0. The summed E-state index contributed by atoms with van der Waals surface area (Å²) in [4.78, 5) is 13.5. The maximum absolute atomic E-state index is 12.6. The van der Waals surface area contributed by atoms with Crippen molar-refractivity contribution in [2.45, 2.75) is 22.0 Å². The molecule has 0 aromatic heterocycles. The van der Waals surface area contributed by atoms with E-state index >= 15 is 0 Å². The van der Waals surface area contributed by atoms with E-state index in [-0.39, 0.29) is 16.1 Å². The summed E-state index contributed by atoms with van der Waals surface area (Å²) < 4.78 is 32.7. The Morgan fingerprint density at radius 1 is 1.00 bits per heavy atom.